The Labute approximate surface area is 135 Å². The van der Waals surface area contributed by atoms with Gasteiger partial charge in [0.2, 0.25) is 0 Å². The smallest absolute Gasteiger partial charge is 0.255 e. The highest BCUT2D eigenvalue weighted by atomic mass is 16.1. The van der Waals surface area contributed by atoms with Crippen LogP contribution in [0.25, 0.3) is 0 Å². The minimum Gasteiger partial charge on any atom is -0.322 e. The van der Waals surface area contributed by atoms with Gasteiger partial charge < -0.3 is 16.2 Å². The Hall–Kier alpha value is -3.27. The van der Waals surface area contributed by atoms with Crippen molar-refractivity contribution in [2.45, 2.75) is 0 Å². The van der Waals surface area contributed by atoms with Crippen molar-refractivity contribution in [2.24, 2.45) is 0 Å². The molecule has 23 heavy (non-hydrogen) atoms. The maximum atomic E-state index is 12.1. The van der Waals surface area contributed by atoms with Crippen molar-refractivity contribution < 1.29 is 4.79 Å². The van der Waals surface area contributed by atoms with Crippen LogP contribution in [0.3, 0.4) is 0 Å². The van der Waals surface area contributed by atoms with E-state index >= 15 is 0 Å². The average molecular weight is 303 g/mol. The third-order valence-corrected chi connectivity index (χ3v) is 3.30. The third-order valence-electron chi connectivity index (χ3n) is 3.30. The molecular formula is C19H17N3O. The first-order chi connectivity index (χ1) is 11.3. The number of amides is 1. The Kier molecular flexibility index (Phi) is 4.55. The first-order valence-corrected chi connectivity index (χ1v) is 7.35. The van der Waals surface area contributed by atoms with Gasteiger partial charge in [0.05, 0.1) is 11.4 Å². The van der Waals surface area contributed by atoms with Gasteiger partial charge in [-0.25, -0.2) is 0 Å². The van der Waals surface area contributed by atoms with E-state index in [-0.39, 0.29) is 5.91 Å². The summed E-state index contributed by atoms with van der Waals surface area (Å²) in [5.74, 6) is -0.117. The van der Waals surface area contributed by atoms with Crippen molar-refractivity contribution in [2.75, 3.05) is 16.2 Å². The van der Waals surface area contributed by atoms with Crippen molar-refractivity contribution in [3.63, 3.8) is 0 Å². The number of para-hydroxylation sites is 1. The summed E-state index contributed by atoms with van der Waals surface area (Å²) in [5, 5.41) is 2.87. The zero-order valence-corrected chi connectivity index (χ0v) is 12.5. The first-order valence-electron chi connectivity index (χ1n) is 7.35. The van der Waals surface area contributed by atoms with Crippen LogP contribution in [0.2, 0.25) is 0 Å². The number of anilines is 3. The molecular weight excluding hydrogens is 286 g/mol. The van der Waals surface area contributed by atoms with E-state index in [1.807, 2.05) is 72.8 Å². The molecule has 0 saturated carbocycles. The summed E-state index contributed by atoms with van der Waals surface area (Å²) >= 11 is 0. The highest BCUT2D eigenvalue weighted by Crippen LogP contribution is 2.15. The van der Waals surface area contributed by atoms with Crippen LogP contribution in [0.1, 0.15) is 10.4 Å². The van der Waals surface area contributed by atoms with Gasteiger partial charge in [-0.1, -0.05) is 36.4 Å². The van der Waals surface area contributed by atoms with Crippen LogP contribution in [0.4, 0.5) is 17.1 Å². The molecule has 4 heteroatoms. The molecule has 0 aliphatic carbocycles. The van der Waals surface area contributed by atoms with Gasteiger partial charge >= 0.3 is 0 Å². The molecule has 0 saturated heterocycles. The molecule has 0 aliphatic heterocycles. The molecule has 0 bridgehead atoms. The molecule has 3 N–H and O–H groups in total. The van der Waals surface area contributed by atoms with Crippen molar-refractivity contribution in [3.8, 4) is 0 Å². The molecule has 0 atom stereocenters. The van der Waals surface area contributed by atoms with E-state index in [1.165, 1.54) is 0 Å². The molecule has 114 valence electrons. The quantitative estimate of drug-likeness (QED) is 0.613. The van der Waals surface area contributed by atoms with Gasteiger partial charge in [-0.05, 0) is 48.5 Å². The number of hydrogen-bond acceptors (Lipinski definition) is 3. The molecule has 0 unspecified atom stereocenters. The van der Waals surface area contributed by atoms with Crippen LogP contribution in [0.5, 0.6) is 0 Å². The molecule has 0 aromatic heterocycles. The van der Waals surface area contributed by atoms with Crippen molar-refractivity contribution in [1.29, 1.82) is 0 Å². The lowest BCUT2D eigenvalue weighted by molar-refractivity contribution is 0.102. The van der Waals surface area contributed by atoms with Crippen molar-refractivity contribution >= 4 is 23.0 Å². The Bertz CT molecular complexity index is 756. The highest BCUT2D eigenvalue weighted by molar-refractivity contribution is 6.04. The summed E-state index contributed by atoms with van der Waals surface area (Å²) in [7, 11) is 0. The standard InChI is InChI=1S/C19H17N3O/c23-19(15-7-3-1-4-8-15)20-16-11-13-18(14-12-16)22-21-17-9-5-2-6-10-17/h1-14,21-22H,(H,20,23). The van der Waals surface area contributed by atoms with Crippen LogP contribution in [-0.2, 0) is 0 Å². The fourth-order valence-electron chi connectivity index (χ4n) is 2.10. The molecule has 4 nitrogen and oxygen atoms in total. The Morgan fingerprint density at radius 1 is 0.565 bits per heavy atom. The summed E-state index contributed by atoms with van der Waals surface area (Å²) in [6, 6.07) is 26.5. The number of carbonyl (C=O) groups excluding carboxylic acids is 1. The maximum absolute atomic E-state index is 12.1. The lowest BCUT2D eigenvalue weighted by Gasteiger charge is -2.10. The monoisotopic (exact) mass is 303 g/mol. The molecule has 0 aliphatic rings. The van der Waals surface area contributed by atoms with Crippen molar-refractivity contribution in [3.05, 3.63) is 90.5 Å². The van der Waals surface area contributed by atoms with Crippen LogP contribution >= 0.6 is 0 Å². The minimum absolute atomic E-state index is 0.117. The van der Waals surface area contributed by atoms with Crippen molar-refractivity contribution in [1.82, 2.24) is 0 Å². The number of rotatable bonds is 5. The van der Waals surface area contributed by atoms with E-state index in [9.17, 15) is 4.79 Å². The normalized spacial score (nSPS) is 9.91. The van der Waals surface area contributed by atoms with E-state index in [0.29, 0.717) is 5.56 Å². The summed E-state index contributed by atoms with van der Waals surface area (Å²) in [6.45, 7) is 0. The number of benzene rings is 3. The van der Waals surface area contributed by atoms with E-state index in [2.05, 4.69) is 16.2 Å². The average Bonchev–Trinajstić information content (AvgIpc) is 2.63. The lowest BCUT2D eigenvalue weighted by atomic mass is 10.2. The topological polar surface area (TPSA) is 53.2 Å². The predicted molar refractivity (Wildman–Crippen MR) is 94.5 cm³/mol. The van der Waals surface area contributed by atoms with Crippen LogP contribution in [0.15, 0.2) is 84.9 Å². The SMILES string of the molecule is O=C(Nc1ccc(NNc2ccccc2)cc1)c1ccccc1. The Morgan fingerprint density at radius 2 is 1.04 bits per heavy atom. The fraction of sp³-hybridized carbons (Fsp3) is 0. The first kappa shape index (κ1) is 14.7. The largest absolute Gasteiger partial charge is 0.322 e. The molecule has 0 heterocycles. The zero-order chi connectivity index (χ0) is 15.9. The predicted octanol–water partition coefficient (Wildman–Crippen LogP) is 4.38. The van der Waals surface area contributed by atoms with E-state index < -0.39 is 0 Å². The highest BCUT2D eigenvalue weighted by Gasteiger charge is 2.04. The molecule has 3 aromatic rings. The second-order valence-corrected chi connectivity index (χ2v) is 5.01. The number of hydrazine groups is 1. The van der Waals surface area contributed by atoms with Crippen LogP contribution in [0, 0.1) is 0 Å². The second-order valence-electron chi connectivity index (χ2n) is 5.01. The maximum Gasteiger partial charge on any atom is 0.255 e. The molecule has 0 fully saturated rings. The lowest BCUT2D eigenvalue weighted by Crippen LogP contribution is -2.12. The number of hydrogen-bond donors (Lipinski definition) is 3. The van der Waals surface area contributed by atoms with Crippen LogP contribution < -0.4 is 16.2 Å². The summed E-state index contributed by atoms with van der Waals surface area (Å²) in [5.41, 5.74) is 9.50. The third kappa shape index (κ3) is 4.11. The van der Waals surface area contributed by atoms with Gasteiger partial charge in [-0.3, -0.25) is 4.79 Å². The Morgan fingerprint density at radius 3 is 1.65 bits per heavy atom. The molecule has 0 radical (unpaired) electrons. The van der Waals surface area contributed by atoms with Gasteiger partial charge in [0, 0.05) is 11.3 Å². The summed E-state index contributed by atoms with van der Waals surface area (Å²) in [6.07, 6.45) is 0. The molecule has 0 spiro atoms. The second kappa shape index (κ2) is 7.13. The van der Waals surface area contributed by atoms with Gasteiger partial charge in [-0.2, -0.15) is 0 Å². The van der Waals surface area contributed by atoms with Gasteiger partial charge in [0.1, 0.15) is 0 Å². The van der Waals surface area contributed by atoms with Gasteiger partial charge in [0.25, 0.3) is 5.91 Å². The van der Waals surface area contributed by atoms with Crippen LogP contribution in [-0.4, -0.2) is 5.91 Å². The number of nitrogens with one attached hydrogen (secondary N) is 3. The Balaban J connectivity index is 1.58. The molecule has 1 amide bonds. The van der Waals surface area contributed by atoms with E-state index in [4.69, 9.17) is 0 Å². The summed E-state index contributed by atoms with van der Waals surface area (Å²) < 4.78 is 0. The molecule has 3 aromatic carbocycles. The summed E-state index contributed by atoms with van der Waals surface area (Å²) in [4.78, 5) is 12.1. The molecule has 3 rings (SSSR count). The van der Waals surface area contributed by atoms with Gasteiger partial charge in [-0.15, -0.1) is 0 Å². The number of carbonyl (C=O) groups is 1. The minimum atomic E-state index is -0.117. The van der Waals surface area contributed by atoms with E-state index in [1.54, 1.807) is 12.1 Å². The zero-order valence-electron chi connectivity index (χ0n) is 12.5. The fourth-order valence-corrected chi connectivity index (χ4v) is 2.10. The van der Waals surface area contributed by atoms with E-state index in [0.717, 1.165) is 17.1 Å². The van der Waals surface area contributed by atoms with Gasteiger partial charge in [0.15, 0.2) is 0 Å².